The third kappa shape index (κ3) is 6.93. The van der Waals surface area contributed by atoms with E-state index < -0.39 is 0 Å². The van der Waals surface area contributed by atoms with E-state index in [1.54, 1.807) is 54.7 Å². The molecule has 42 heavy (non-hydrogen) atoms. The quantitative estimate of drug-likeness (QED) is 0.414. The molecule has 2 aromatic carbocycles. The van der Waals surface area contributed by atoms with E-state index in [9.17, 15) is 14.4 Å². The molecule has 1 aliphatic carbocycles. The normalized spacial score (nSPS) is 18.9. The van der Waals surface area contributed by atoms with Crippen LogP contribution in [0.25, 0.3) is 0 Å². The van der Waals surface area contributed by atoms with Crippen molar-refractivity contribution in [2.45, 2.75) is 44.2 Å². The summed E-state index contributed by atoms with van der Waals surface area (Å²) < 4.78 is 0. The Morgan fingerprint density at radius 3 is 2.36 bits per heavy atom. The molecule has 2 heterocycles. The molecular formula is C32H35N7O3. The number of nitrogens with one attached hydrogen (secondary N) is 2. The van der Waals surface area contributed by atoms with E-state index >= 15 is 0 Å². The average Bonchev–Trinajstić information content (AvgIpc) is 3.28. The van der Waals surface area contributed by atoms with Gasteiger partial charge in [0.25, 0.3) is 17.7 Å². The third-order valence-corrected chi connectivity index (χ3v) is 7.92. The van der Waals surface area contributed by atoms with Crippen molar-refractivity contribution in [2.75, 3.05) is 36.4 Å². The van der Waals surface area contributed by atoms with Gasteiger partial charge in [-0.05, 0) is 86.7 Å². The number of nitrogens with zero attached hydrogens (tertiary/aromatic N) is 4. The molecule has 1 saturated carbocycles. The first-order valence-corrected chi connectivity index (χ1v) is 14.4. The van der Waals surface area contributed by atoms with Gasteiger partial charge in [0.15, 0.2) is 0 Å². The molecular weight excluding hydrogens is 530 g/mol. The summed E-state index contributed by atoms with van der Waals surface area (Å²) in [6.45, 7) is 2.28. The predicted molar refractivity (Wildman–Crippen MR) is 160 cm³/mol. The molecule has 2 aliphatic rings. The first kappa shape index (κ1) is 28.8. The molecule has 0 unspecified atom stereocenters. The van der Waals surface area contributed by atoms with Gasteiger partial charge in [-0.15, -0.1) is 0 Å². The van der Waals surface area contributed by atoms with Crippen molar-refractivity contribution in [1.82, 2.24) is 15.2 Å². The van der Waals surface area contributed by atoms with E-state index in [1.165, 1.54) is 6.20 Å². The van der Waals surface area contributed by atoms with Crippen LogP contribution in [-0.2, 0) is 0 Å². The maximum atomic E-state index is 13.2. The van der Waals surface area contributed by atoms with Crippen molar-refractivity contribution in [1.29, 1.82) is 5.26 Å². The van der Waals surface area contributed by atoms with Gasteiger partial charge in [-0.2, -0.15) is 5.26 Å². The van der Waals surface area contributed by atoms with Gasteiger partial charge in [-0.25, -0.2) is 0 Å². The summed E-state index contributed by atoms with van der Waals surface area (Å²) in [6.07, 6.45) is 7.30. The summed E-state index contributed by atoms with van der Waals surface area (Å²) in [4.78, 5) is 47.5. The van der Waals surface area contributed by atoms with E-state index in [4.69, 9.17) is 11.0 Å². The van der Waals surface area contributed by atoms with Gasteiger partial charge in [0, 0.05) is 61.8 Å². The Kier molecular flexibility index (Phi) is 9.09. The number of amides is 3. The zero-order chi connectivity index (χ0) is 29.5. The van der Waals surface area contributed by atoms with E-state index in [-0.39, 0.29) is 29.8 Å². The van der Waals surface area contributed by atoms with Crippen molar-refractivity contribution in [3.63, 3.8) is 0 Å². The molecule has 4 N–H and O–H groups in total. The van der Waals surface area contributed by atoms with Crippen molar-refractivity contribution in [3.05, 3.63) is 89.2 Å². The van der Waals surface area contributed by atoms with Crippen molar-refractivity contribution in [3.8, 4) is 6.07 Å². The van der Waals surface area contributed by atoms with E-state index in [1.807, 2.05) is 11.0 Å². The van der Waals surface area contributed by atoms with Crippen molar-refractivity contribution in [2.24, 2.45) is 5.73 Å². The summed E-state index contributed by atoms with van der Waals surface area (Å²) in [5.41, 5.74) is 9.25. The number of nitriles is 1. The number of rotatable bonds is 6. The summed E-state index contributed by atoms with van der Waals surface area (Å²) in [7, 11) is 0. The molecule has 1 saturated heterocycles. The van der Waals surface area contributed by atoms with Gasteiger partial charge in [0.2, 0.25) is 0 Å². The second kappa shape index (κ2) is 13.3. The van der Waals surface area contributed by atoms with Crippen LogP contribution in [0.15, 0.2) is 67.0 Å². The largest absolute Gasteiger partial charge is 0.368 e. The molecule has 1 aliphatic heterocycles. The third-order valence-electron chi connectivity index (χ3n) is 7.92. The fourth-order valence-electron chi connectivity index (χ4n) is 5.51. The lowest BCUT2D eigenvalue weighted by Gasteiger charge is -2.28. The summed E-state index contributed by atoms with van der Waals surface area (Å²) in [5, 5.41) is 15.2. The highest BCUT2D eigenvalue weighted by molar-refractivity contribution is 6.07. The Labute approximate surface area is 245 Å². The van der Waals surface area contributed by atoms with Crippen LogP contribution in [0.3, 0.4) is 0 Å². The van der Waals surface area contributed by atoms with Crippen LogP contribution in [-0.4, -0.2) is 65.9 Å². The monoisotopic (exact) mass is 565 g/mol. The standard InChI is InChI=1S/C32H35N7O3/c33-20-22-4-6-23(7-5-22)32(42)39-16-2-15-38(17-18-39)29-13-8-24(30(40)36-27-11-9-26(34)10-12-27)19-28(29)37-31(41)25-3-1-14-35-21-25/h1,3-8,13-14,19,21,26-27H,2,9-12,15-18,34H2,(H,36,40)(H,37,41). The number of anilines is 2. The molecule has 1 aromatic heterocycles. The number of hydrogen-bond donors (Lipinski definition) is 3. The highest BCUT2D eigenvalue weighted by atomic mass is 16.2. The zero-order valence-corrected chi connectivity index (χ0v) is 23.5. The number of nitrogens with two attached hydrogens (primary N) is 1. The van der Waals surface area contributed by atoms with Crippen LogP contribution in [0.1, 0.15) is 68.7 Å². The van der Waals surface area contributed by atoms with Crippen molar-refractivity contribution >= 4 is 29.1 Å². The molecule has 0 bridgehead atoms. The lowest BCUT2D eigenvalue weighted by Crippen LogP contribution is -2.40. The maximum Gasteiger partial charge on any atom is 0.257 e. The SMILES string of the molecule is N#Cc1ccc(C(=O)N2CCCN(c3ccc(C(=O)NC4CCC(N)CC4)cc3NC(=O)c3cccnc3)CC2)cc1. The van der Waals surface area contributed by atoms with Gasteiger partial charge in [0.05, 0.1) is 28.6 Å². The van der Waals surface area contributed by atoms with Crippen LogP contribution >= 0.6 is 0 Å². The van der Waals surface area contributed by atoms with Crippen LogP contribution < -0.4 is 21.3 Å². The fraction of sp³-hybridized carbons (Fsp3) is 0.344. The number of hydrogen-bond acceptors (Lipinski definition) is 7. The molecule has 3 amide bonds. The number of carbonyl (C=O) groups is 3. The van der Waals surface area contributed by atoms with Gasteiger partial charge in [0.1, 0.15) is 0 Å². The Hall–Kier alpha value is -4.75. The zero-order valence-electron chi connectivity index (χ0n) is 23.5. The molecule has 10 nitrogen and oxygen atoms in total. The van der Waals surface area contributed by atoms with E-state index in [0.29, 0.717) is 54.1 Å². The molecule has 216 valence electrons. The van der Waals surface area contributed by atoms with Gasteiger partial charge < -0.3 is 26.2 Å². The highest BCUT2D eigenvalue weighted by Crippen LogP contribution is 2.30. The predicted octanol–water partition coefficient (Wildman–Crippen LogP) is 3.56. The van der Waals surface area contributed by atoms with Crippen LogP contribution in [0.5, 0.6) is 0 Å². The molecule has 0 radical (unpaired) electrons. The first-order chi connectivity index (χ1) is 20.4. The Bertz CT molecular complexity index is 1460. The lowest BCUT2D eigenvalue weighted by atomic mass is 9.91. The molecule has 2 fully saturated rings. The lowest BCUT2D eigenvalue weighted by molar-refractivity contribution is 0.0766. The van der Waals surface area contributed by atoms with Crippen LogP contribution in [0, 0.1) is 11.3 Å². The molecule has 10 heteroatoms. The van der Waals surface area contributed by atoms with E-state index in [2.05, 4.69) is 26.6 Å². The van der Waals surface area contributed by atoms with E-state index in [0.717, 1.165) is 37.8 Å². The maximum absolute atomic E-state index is 13.2. The smallest absolute Gasteiger partial charge is 0.257 e. The van der Waals surface area contributed by atoms with Crippen LogP contribution in [0.2, 0.25) is 0 Å². The summed E-state index contributed by atoms with van der Waals surface area (Å²) in [5.74, 6) is -0.591. The number of aromatic nitrogens is 1. The number of pyridine rings is 1. The van der Waals surface area contributed by atoms with Gasteiger partial charge >= 0.3 is 0 Å². The molecule has 0 atom stereocenters. The fourth-order valence-corrected chi connectivity index (χ4v) is 5.51. The number of carbonyl (C=O) groups excluding carboxylic acids is 3. The Morgan fingerprint density at radius 1 is 0.881 bits per heavy atom. The highest BCUT2D eigenvalue weighted by Gasteiger charge is 2.25. The van der Waals surface area contributed by atoms with Gasteiger partial charge in [-0.3, -0.25) is 19.4 Å². The van der Waals surface area contributed by atoms with Crippen molar-refractivity contribution < 1.29 is 14.4 Å². The minimum atomic E-state index is -0.324. The van der Waals surface area contributed by atoms with Crippen LogP contribution in [0.4, 0.5) is 11.4 Å². The second-order valence-corrected chi connectivity index (χ2v) is 10.8. The molecule has 0 spiro atoms. The first-order valence-electron chi connectivity index (χ1n) is 14.4. The average molecular weight is 566 g/mol. The second-order valence-electron chi connectivity index (χ2n) is 10.8. The summed E-state index contributed by atoms with van der Waals surface area (Å²) in [6, 6.07) is 17.8. The van der Waals surface area contributed by atoms with Gasteiger partial charge in [-0.1, -0.05) is 0 Å². The minimum absolute atomic E-state index is 0.0793. The topological polar surface area (TPSA) is 144 Å². The molecule has 3 aromatic rings. The minimum Gasteiger partial charge on any atom is -0.368 e. The Morgan fingerprint density at radius 2 is 1.64 bits per heavy atom. The Balaban J connectivity index is 1.34. The summed E-state index contributed by atoms with van der Waals surface area (Å²) >= 11 is 0. The molecule has 5 rings (SSSR count). The number of benzene rings is 2.